The van der Waals surface area contributed by atoms with Crippen LogP contribution in [-0.2, 0) is 0 Å². The third-order valence-electron chi connectivity index (χ3n) is 2.44. The summed E-state index contributed by atoms with van der Waals surface area (Å²) in [7, 11) is 0. The van der Waals surface area contributed by atoms with Gasteiger partial charge in [-0.3, -0.25) is 15.8 Å². The van der Waals surface area contributed by atoms with Crippen molar-refractivity contribution < 1.29 is 0 Å². The number of hydrazine groups is 1. The molecule has 16 heavy (non-hydrogen) atoms. The fourth-order valence-electron chi connectivity index (χ4n) is 1.58. The van der Waals surface area contributed by atoms with Crippen LogP contribution in [-0.4, -0.2) is 25.3 Å². The maximum absolute atomic E-state index is 7.33. The Morgan fingerprint density at radius 3 is 3.00 bits per heavy atom. The molecule has 1 heterocycles. The molecule has 5 heteroatoms. The maximum atomic E-state index is 7.33. The molecule has 0 radical (unpaired) electrons. The third-order valence-corrected chi connectivity index (χ3v) is 2.44. The number of para-hydroxylation sites is 1. The van der Waals surface area contributed by atoms with Crippen molar-refractivity contribution in [3.8, 4) is 0 Å². The minimum absolute atomic E-state index is 0.749. The van der Waals surface area contributed by atoms with Crippen molar-refractivity contribution in [2.24, 2.45) is 4.99 Å². The zero-order valence-corrected chi connectivity index (χ0v) is 9.17. The third kappa shape index (κ3) is 2.13. The molecule has 0 aliphatic carbocycles. The number of benzene rings is 1. The summed E-state index contributed by atoms with van der Waals surface area (Å²) in [5, 5.41) is 10.4. The van der Waals surface area contributed by atoms with Crippen LogP contribution in [0, 0.1) is 12.3 Å². The summed E-state index contributed by atoms with van der Waals surface area (Å²) in [4.78, 5) is 4.21. The average Bonchev–Trinajstić information content (AvgIpc) is 2.80. The standard InChI is InChI=1S/C11H15N5/c1-8-3-2-4-9(7-12)10(8)15-16-11-13-5-6-14-11/h2-4,7,12,15H,5-6H2,1H3,(H2,13,14,16). The van der Waals surface area contributed by atoms with Crippen LogP contribution in [0.25, 0.3) is 0 Å². The van der Waals surface area contributed by atoms with Crippen molar-refractivity contribution in [1.82, 2.24) is 10.7 Å². The van der Waals surface area contributed by atoms with Crippen molar-refractivity contribution in [3.63, 3.8) is 0 Å². The van der Waals surface area contributed by atoms with Crippen LogP contribution in [0.5, 0.6) is 0 Å². The molecule has 0 saturated carbocycles. The van der Waals surface area contributed by atoms with Gasteiger partial charge < -0.3 is 10.7 Å². The Balaban J connectivity index is 2.10. The van der Waals surface area contributed by atoms with Gasteiger partial charge in [0.1, 0.15) is 0 Å². The van der Waals surface area contributed by atoms with Gasteiger partial charge in [0, 0.05) is 18.3 Å². The van der Waals surface area contributed by atoms with E-state index < -0.39 is 0 Å². The van der Waals surface area contributed by atoms with Crippen LogP contribution in [0.1, 0.15) is 11.1 Å². The van der Waals surface area contributed by atoms with Gasteiger partial charge in [0.2, 0.25) is 5.96 Å². The van der Waals surface area contributed by atoms with Crippen molar-refractivity contribution in [3.05, 3.63) is 29.3 Å². The number of nitrogens with zero attached hydrogens (tertiary/aromatic N) is 1. The predicted octanol–water partition coefficient (Wildman–Crippen LogP) is 0.868. The molecule has 0 spiro atoms. The van der Waals surface area contributed by atoms with Crippen LogP contribution < -0.4 is 16.2 Å². The number of hydrogen-bond acceptors (Lipinski definition) is 5. The lowest BCUT2D eigenvalue weighted by Crippen LogP contribution is -2.38. The van der Waals surface area contributed by atoms with Gasteiger partial charge in [-0.15, -0.1) is 0 Å². The predicted molar refractivity (Wildman–Crippen MR) is 66.1 cm³/mol. The SMILES string of the molecule is Cc1cccc(C=N)c1NNC1=NCCN1. The van der Waals surface area contributed by atoms with E-state index in [2.05, 4.69) is 21.2 Å². The molecule has 1 aliphatic heterocycles. The highest BCUT2D eigenvalue weighted by Gasteiger charge is 2.06. The summed E-state index contributed by atoms with van der Waals surface area (Å²) in [6, 6.07) is 5.83. The van der Waals surface area contributed by atoms with E-state index in [9.17, 15) is 0 Å². The summed E-state index contributed by atoms with van der Waals surface area (Å²) >= 11 is 0. The molecule has 5 nitrogen and oxygen atoms in total. The number of rotatable bonds is 3. The molecule has 2 rings (SSSR count). The molecule has 0 fully saturated rings. The molecule has 4 N–H and O–H groups in total. The second-order valence-electron chi connectivity index (χ2n) is 3.59. The molecule has 0 bridgehead atoms. The zero-order chi connectivity index (χ0) is 11.4. The Bertz CT molecular complexity index is 424. The lowest BCUT2D eigenvalue weighted by atomic mass is 10.1. The Morgan fingerprint density at radius 1 is 1.44 bits per heavy atom. The topological polar surface area (TPSA) is 72.3 Å². The van der Waals surface area contributed by atoms with E-state index in [4.69, 9.17) is 5.41 Å². The fraction of sp³-hybridized carbons (Fsp3) is 0.273. The van der Waals surface area contributed by atoms with Gasteiger partial charge in [0.25, 0.3) is 0 Å². The van der Waals surface area contributed by atoms with E-state index in [0.29, 0.717) is 0 Å². The van der Waals surface area contributed by atoms with E-state index >= 15 is 0 Å². The largest absolute Gasteiger partial charge is 0.353 e. The molecule has 1 aromatic carbocycles. The van der Waals surface area contributed by atoms with E-state index in [1.807, 2.05) is 25.1 Å². The molecule has 0 saturated heterocycles. The molecule has 0 unspecified atom stereocenters. The average molecular weight is 217 g/mol. The summed E-state index contributed by atoms with van der Waals surface area (Å²) in [5.41, 5.74) is 8.93. The Kier molecular flexibility index (Phi) is 3.05. The molecule has 1 aromatic rings. The van der Waals surface area contributed by atoms with E-state index in [1.54, 1.807) is 0 Å². The number of hydrogen-bond donors (Lipinski definition) is 4. The second kappa shape index (κ2) is 4.65. The van der Waals surface area contributed by atoms with Crippen LogP contribution >= 0.6 is 0 Å². The lowest BCUT2D eigenvalue weighted by Gasteiger charge is -2.14. The van der Waals surface area contributed by atoms with Crippen LogP contribution in [0.2, 0.25) is 0 Å². The first-order valence-corrected chi connectivity index (χ1v) is 5.21. The molecular formula is C11H15N5. The van der Waals surface area contributed by atoms with Crippen LogP contribution in [0.4, 0.5) is 5.69 Å². The number of aliphatic imine (C=N–C) groups is 1. The zero-order valence-electron chi connectivity index (χ0n) is 9.17. The van der Waals surface area contributed by atoms with Gasteiger partial charge in [0.05, 0.1) is 12.2 Å². The first-order valence-electron chi connectivity index (χ1n) is 5.21. The molecule has 0 amide bonds. The maximum Gasteiger partial charge on any atom is 0.210 e. The molecule has 0 aromatic heterocycles. The number of nitrogens with one attached hydrogen (secondary N) is 4. The first-order chi connectivity index (χ1) is 7.81. The van der Waals surface area contributed by atoms with Gasteiger partial charge in [-0.25, -0.2) is 0 Å². The second-order valence-corrected chi connectivity index (χ2v) is 3.59. The fourth-order valence-corrected chi connectivity index (χ4v) is 1.58. The summed E-state index contributed by atoms with van der Waals surface area (Å²) in [6.07, 6.45) is 1.33. The Morgan fingerprint density at radius 2 is 2.31 bits per heavy atom. The Labute approximate surface area is 94.5 Å². The number of anilines is 1. The summed E-state index contributed by atoms with van der Waals surface area (Å²) in [5.74, 6) is 0.749. The lowest BCUT2D eigenvalue weighted by molar-refractivity contribution is 0.936. The first kappa shape index (κ1) is 10.5. The van der Waals surface area contributed by atoms with Crippen molar-refractivity contribution in [2.45, 2.75) is 6.92 Å². The van der Waals surface area contributed by atoms with Gasteiger partial charge in [0.15, 0.2) is 0 Å². The highest BCUT2D eigenvalue weighted by molar-refractivity contribution is 5.88. The van der Waals surface area contributed by atoms with Crippen LogP contribution in [0.3, 0.4) is 0 Å². The Hall–Kier alpha value is -2.04. The van der Waals surface area contributed by atoms with Crippen molar-refractivity contribution >= 4 is 17.9 Å². The molecule has 0 atom stereocenters. The van der Waals surface area contributed by atoms with Crippen molar-refractivity contribution in [1.29, 1.82) is 5.41 Å². The summed E-state index contributed by atoms with van der Waals surface area (Å²) < 4.78 is 0. The number of aryl methyl sites for hydroxylation is 1. The molecule has 1 aliphatic rings. The van der Waals surface area contributed by atoms with Gasteiger partial charge in [-0.05, 0) is 12.5 Å². The summed E-state index contributed by atoms with van der Waals surface area (Å²) in [6.45, 7) is 3.67. The molecular weight excluding hydrogens is 202 g/mol. The highest BCUT2D eigenvalue weighted by atomic mass is 15.4. The molecule has 84 valence electrons. The van der Waals surface area contributed by atoms with Crippen molar-refractivity contribution in [2.75, 3.05) is 18.5 Å². The van der Waals surface area contributed by atoms with Gasteiger partial charge in [-0.2, -0.15) is 0 Å². The van der Waals surface area contributed by atoms with Crippen LogP contribution in [0.15, 0.2) is 23.2 Å². The highest BCUT2D eigenvalue weighted by Crippen LogP contribution is 2.17. The minimum Gasteiger partial charge on any atom is -0.353 e. The normalized spacial score (nSPS) is 13.9. The van der Waals surface area contributed by atoms with Gasteiger partial charge in [-0.1, -0.05) is 18.2 Å². The monoisotopic (exact) mass is 217 g/mol. The number of guanidine groups is 1. The van der Waals surface area contributed by atoms with Gasteiger partial charge >= 0.3 is 0 Å². The minimum atomic E-state index is 0.749. The van der Waals surface area contributed by atoms with E-state index in [0.717, 1.165) is 35.9 Å². The van der Waals surface area contributed by atoms with E-state index in [1.165, 1.54) is 6.21 Å². The smallest absolute Gasteiger partial charge is 0.210 e. The van der Waals surface area contributed by atoms with E-state index in [-0.39, 0.29) is 0 Å². The quantitative estimate of drug-likeness (QED) is 0.448.